The molecule has 2 rings (SSSR count). The van der Waals surface area contributed by atoms with Gasteiger partial charge in [-0.25, -0.2) is 4.98 Å². The van der Waals surface area contributed by atoms with Crippen LogP contribution in [0.5, 0.6) is 0 Å². The van der Waals surface area contributed by atoms with Crippen LogP contribution in [0, 0.1) is 0 Å². The molecule has 2 heterocycles. The first-order valence-corrected chi connectivity index (χ1v) is 8.09. The number of rotatable bonds is 4. The highest BCUT2D eigenvalue weighted by atomic mass is 35.5. The molecular formula is C15H21Cl2N3O. The van der Waals surface area contributed by atoms with Gasteiger partial charge in [0.2, 0.25) is 0 Å². The fourth-order valence-electron chi connectivity index (χ4n) is 2.78. The first kappa shape index (κ1) is 16.5. The summed E-state index contributed by atoms with van der Waals surface area (Å²) in [6.07, 6.45) is 4.59. The van der Waals surface area contributed by atoms with Gasteiger partial charge in [-0.05, 0) is 31.9 Å². The highest BCUT2D eigenvalue weighted by molar-refractivity contribution is 6.35. The maximum Gasteiger partial charge on any atom is 0.255 e. The van der Waals surface area contributed by atoms with E-state index in [9.17, 15) is 4.79 Å². The lowest BCUT2D eigenvalue weighted by Gasteiger charge is -2.36. The molecule has 0 spiro atoms. The van der Waals surface area contributed by atoms with Crippen molar-refractivity contribution >= 4 is 29.1 Å². The predicted molar refractivity (Wildman–Crippen MR) is 86.1 cm³/mol. The van der Waals surface area contributed by atoms with E-state index in [1.54, 1.807) is 4.90 Å². The minimum Gasteiger partial charge on any atom is -0.339 e. The number of piperidine rings is 1. The summed E-state index contributed by atoms with van der Waals surface area (Å²) in [5.74, 6) is -0.0850. The van der Waals surface area contributed by atoms with Crippen LogP contribution < -0.4 is 0 Å². The highest BCUT2D eigenvalue weighted by Crippen LogP contribution is 2.23. The number of halogens is 2. The number of carbonyl (C=O) groups excluding carboxylic acids is 1. The summed E-state index contributed by atoms with van der Waals surface area (Å²) in [5.41, 5.74) is 0.426. The third-order valence-electron chi connectivity index (χ3n) is 4.02. The molecule has 1 aliphatic heterocycles. The second-order valence-electron chi connectivity index (χ2n) is 5.48. The number of hydrogen-bond donors (Lipinski definition) is 0. The first-order valence-electron chi connectivity index (χ1n) is 7.33. The Kier molecular flexibility index (Phi) is 5.85. The molecule has 0 saturated carbocycles. The molecule has 21 heavy (non-hydrogen) atoms. The zero-order valence-corrected chi connectivity index (χ0v) is 14.0. The summed E-state index contributed by atoms with van der Waals surface area (Å²) in [7, 11) is 1.84. The van der Waals surface area contributed by atoms with E-state index in [0.29, 0.717) is 10.6 Å². The fraction of sp³-hybridized carbons (Fsp3) is 0.600. The minimum absolute atomic E-state index is 0.0850. The first-order chi connectivity index (χ1) is 10.0. The van der Waals surface area contributed by atoms with Crippen LogP contribution in [0.15, 0.2) is 12.3 Å². The quantitative estimate of drug-likeness (QED) is 0.795. The standard InChI is InChI=1S/C15H21Cl2N3O/c1-3-6-20-7-4-11(5-8-20)19(2)15(21)12-9-14(17)18-10-13(12)16/h9-11H,3-8H2,1-2H3. The Hall–Kier alpha value is -0.840. The maximum absolute atomic E-state index is 12.6. The SMILES string of the molecule is CCCN1CCC(N(C)C(=O)c2cc(Cl)ncc2Cl)CC1. The zero-order valence-electron chi connectivity index (χ0n) is 12.5. The summed E-state index contributed by atoms with van der Waals surface area (Å²) >= 11 is 11.9. The number of nitrogens with zero attached hydrogens (tertiary/aromatic N) is 3. The molecule has 116 valence electrons. The Morgan fingerprint density at radius 2 is 2.10 bits per heavy atom. The van der Waals surface area contributed by atoms with Gasteiger partial charge >= 0.3 is 0 Å². The number of aromatic nitrogens is 1. The molecule has 1 aromatic rings. The van der Waals surface area contributed by atoms with E-state index in [4.69, 9.17) is 23.2 Å². The normalized spacial score (nSPS) is 17.0. The highest BCUT2D eigenvalue weighted by Gasteiger charge is 2.26. The van der Waals surface area contributed by atoms with Gasteiger partial charge in [0.05, 0.1) is 10.6 Å². The molecule has 0 bridgehead atoms. The molecule has 1 fully saturated rings. The molecule has 0 atom stereocenters. The Balaban J connectivity index is 2.01. The topological polar surface area (TPSA) is 36.4 Å². The second kappa shape index (κ2) is 7.43. The average Bonchev–Trinajstić information content (AvgIpc) is 2.49. The number of pyridine rings is 1. The molecule has 1 saturated heterocycles. The molecule has 0 unspecified atom stereocenters. The van der Waals surface area contributed by atoms with Crippen LogP contribution in [0.3, 0.4) is 0 Å². The number of likely N-dealkylation sites (tertiary alicyclic amines) is 1. The summed E-state index contributed by atoms with van der Waals surface area (Å²) < 4.78 is 0. The molecular weight excluding hydrogens is 309 g/mol. The Labute approximate surface area is 136 Å². The molecule has 0 aliphatic carbocycles. The monoisotopic (exact) mass is 329 g/mol. The van der Waals surface area contributed by atoms with Crippen LogP contribution in [0.25, 0.3) is 0 Å². The van der Waals surface area contributed by atoms with Crippen molar-refractivity contribution in [3.8, 4) is 0 Å². The van der Waals surface area contributed by atoms with Crippen LogP contribution in [0.2, 0.25) is 10.2 Å². The van der Waals surface area contributed by atoms with E-state index in [1.165, 1.54) is 18.7 Å². The van der Waals surface area contributed by atoms with Gasteiger partial charge in [0, 0.05) is 32.4 Å². The van der Waals surface area contributed by atoms with E-state index in [-0.39, 0.29) is 17.1 Å². The summed E-state index contributed by atoms with van der Waals surface area (Å²) in [4.78, 5) is 20.7. The van der Waals surface area contributed by atoms with Gasteiger partial charge in [-0.2, -0.15) is 0 Å². The Morgan fingerprint density at radius 1 is 1.43 bits per heavy atom. The van der Waals surface area contributed by atoms with Crippen molar-refractivity contribution in [3.05, 3.63) is 28.0 Å². The largest absolute Gasteiger partial charge is 0.339 e. The summed E-state index contributed by atoms with van der Waals surface area (Å²) in [6.45, 7) is 5.41. The van der Waals surface area contributed by atoms with Crippen LogP contribution in [0.4, 0.5) is 0 Å². The van der Waals surface area contributed by atoms with Crippen molar-refractivity contribution in [2.75, 3.05) is 26.7 Å². The average molecular weight is 330 g/mol. The minimum atomic E-state index is -0.0850. The van der Waals surface area contributed by atoms with Crippen LogP contribution in [0.1, 0.15) is 36.5 Å². The van der Waals surface area contributed by atoms with Crippen molar-refractivity contribution < 1.29 is 4.79 Å². The lowest BCUT2D eigenvalue weighted by Crippen LogP contribution is -2.45. The number of hydrogen-bond acceptors (Lipinski definition) is 3. The van der Waals surface area contributed by atoms with Crippen LogP contribution in [-0.4, -0.2) is 53.4 Å². The zero-order chi connectivity index (χ0) is 15.4. The Bertz CT molecular complexity index is 502. The van der Waals surface area contributed by atoms with Gasteiger partial charge in [0.15, 0.2) is 0 Å². The number of amides is 1. The molecule has 0 radical (unpaired) electrons. The van der Waals surface area contributed by atoms with Gasteiger partial charge < -0.3 is 9.80 Å². The lowest BCUT2D eigenvalue weighted by molar-refractivity contribution is 0.0643. The van der Waals surface area contributed by atoms with E-state index in [2.05, 4.69) is 16.8 Å². The lowest BCUT2D eigenvalue weighted by atomic mass is 10.0. The van der Waals surface area contributed by atoms with Gasteiger partial charge in [0.1, 0.15) is 5.15 Å². The van der Waals surface area contributed by atoms with E-state index in [1.807, 2.05) is 7.05 Å². The number of carbonyl (C=O) groups is 1. The van der Waals surface area contributed by atoms with Gasteiger partial charge in [-0.3, -0.25) is 4.79 Å². The van der Waals surface area contributed by atoms with Crippen molar-refractivity contribution in [3.63, 3.8) is 0 Å². The molecule has 4 nitrogen and oxygen atoms in total. The van der Waals surface area contributed by atoms with Gasteiger partial charge in [-0.1, -0.05) is 30.1 Å². The molecule has 1 aliphatic rings. The Morgan fingerprint density at radius 3 is 2.71 bits per heavy atom. The van der Waals surface area contributed by atoms with Crippen LogP contribution >= 0.6 is 23.2 Å². The molecule has 1 amide bonds. The van der Waals surface area contributed by atoms with Crippen LogP contribution in [-0.2, 0) is 0 Å². The fourth-order valence-corrected chi connectivity index (χ4v) is 3.12. The molecule has 0 aromatic carbocycles. The maximum atomic E-state index is 12.6. The second-order valence-corrected chi connectivity index (χ2v) is 6.27. The summed E-state index contributed by atoms with van der Waals surface area (Å²) in [5, 5.41) is 0.633. The van der Waals surface area contributed by atoms with E-state index in [0.717, 1.165) is 32.5 Å². The molecule has 6 heteroatoms. The molecule has 0 N–H and O–H groups in total. The van der Waals surface area contributed by atoms with Gasteiger partial charge in [0.25, 0.3) is 5.91 Å². The smallest absolute Gasteiger partial charge is 0.255 e. The third kappa shape index (κ3) is 4.09. The summed E-state index contributed by atoms with van der Waals surface area (Å²) in [6, 6.07) is 1.79. The van der Waals surface area contributed by atoms with Gasteiger partial charge in [-0.15, -0.1) is 0 Å². The van der Waals surface area contributed by atoms with E-state index >= 15 is 0 Å². The van der Waals surface area contributed by atoms with E-state index < -0.39 is 0 Å². The van der Waals surface area contributed by atoms with Crippen molar-refractivity contribution in [2.45, 2.75) is 32.2 Å². The third-order valence-corrected chi connectivity index (χ3v) is 4.53. The van der Waals surface area contributed by atoms with Crippen molar-refractivity contribution in [1.29, 1.82) is 0 Å². The molecule has 1 aromatic heterocycles. The van der Waals surface area contributed by atoms with Crippen molar-refractivity contribution in [1.82, 2.24) is 14.8 Å². The predicted octanol–water partition coefficient (Wildman–Crippen LogP) is 3.33. The van der Waals surface area contributed by atoms with Crippen molar-refractivity contribution in [2.24, 2.45) is 0 Å².